The number of hydrogen-bond donors (Lipinski definition) is 1. The van der Waals surface area contributed by atoms with Gasteiger partial charge in [-0.1, -0.05) is 36.8 Å². The molecule has 0 aliphatic carbocycles. The summed E-state index contributed by atoms with van der Waals surface area (Å²) in [6.45, 7) is 3.08. The van der Waals surface area contributed by atoms with Crippen LogP contribution in [0.5, 0.6) is 5.75 Å². The van der Waals surface area contributed by atoms with Crippen molar-refractivity contribution >= 4 is 11.8 Å². The van der Waals surface area contributed by atoms with E-state index in [1.807, 2.05) is 48.5 Å². The predicted octanol–water partition coefficient (Wildman–Crippen LogP) is 3.99. The maximum atomic E-state index is 13.8. The van der Waals surface area contributed by atoms with Crippen molar-refractivity contribution in [3.05, 3.63) is 65.2 Å². The van der Waals surface area contributed by atoms with Gasteiger partial charge in [0.15, 0.2) is 0 Å². The van der Waals surface area contributed by atoms with Gasteiger partial charge in [0.1, 0.15) is 5.75 Å². The molecule has 3 aliphatic heterocycles. The molecule has 0 unspecified atom stereocenters. The Hall–Kier alpha value is -2.86. The summed E-state index contributed by atoms with van der Waals surface area (Å²) in [6.07, 6.45) is 6.18. The predicted molar refractivity (Wildman–Crippen MR) is 132 cm³/mol. The Labute approximate surface area is 202 Å². The molecule has 0 spiro atoms. The second kappa shape index (κ2) is 9.79. The molecule has 0 bridgehead atoms. The molecule has 5 rings (SSSR count). The van der Waals surface area contributed by atoms with Crippen molar-refractivity contribution in [3.8, 4) is 5.75 Å². The number of nitrogens with zero attached hydrogens (tertiary/aromatic N) is 2. The zero-order chi connectivity index (χ0) is 23.7. The van der Waals surface area contributed by atoms with Crippen LogP contribution in [0.4, 0.5) is 0 Å². The summed E-state index contributed by atoms with van der Waals surface area (Å²) in [6, 6.07) is 15.5. The minimum absolute atomic E-state index is 0.000510. The van der Waals surface area contributed by atoms with Gasteiger partial charge in [0, 0.05) is 25.2 Å². The summed E-state index contributed by atoms with van der Waals surface area (Å²) in [4.78, 5) is 31.4. The first-order chi connectivity index (χ1) is 16.6. The lowest BCUT2D eigenvalue weighted by molar-refractivity contribution is -0.124. The molecule has 1 N–H and O–H groups in total. The zero-order valence-electron chi connectivity index (χ0n) is 20.2. The van der Waals surface area contributed by atoms with Crippen LogP contribution < -0.4 is 10.1 Å². The molecule has 180 valence electrons. The lowest BCUT2D eigenvalue weighted by Crippen LogP contribution is -2.52. The summed E-state index contributed by atoms with van der Waals surface area (Å²) in [7, 11) is 3.44. The number of nitrogens with one attached hydrogen (secondary N) is 1. The topological polar surface area (TPSA) is 61.9 Å². The lowest BCUT2D eigenvalue weighted by Gasteiger charge is -2.45. The van der Waals surface area contributed by atoms with E-state index < -0.39 is 5.92 Å². The van der Waals surface area contributed by atoms with Crippen LogP contribution in [0.3, 0.4) is 0 Å². The van der Waals surface area contributed by atoms with E-state index >= 15 is 0 Å². The summed E-state index contributed by atoms with van der Waals surface area (Å²) in [5, 5.41) is 3.33. The Bertz CT molecular complexity index is 1040. The highest BCUT2D eigenvalue weighted by Gasteiger charge is 2.43. The largest absolute Gasteiger partial charge is 0.497 e. The Kier molecular flexibility index (Phi) is 6.59. The van der Waals surface area contributed by atoms with Crippen molar-refractivity contribution in [2.24, 2.45) is 5.92 Å². The van der Waals surface area contributed by atoms with Crippen LogP contribution in [0.2, 0.25) is 0 Å². The van der Waals surface area contributed by atoms with E-state index in [2.05, 4.69) is 10.2 Å². The van der Waals surface area contributed by atoms with Gasteiger partial charge in [-0.2, -0.15) is 0 Å². The van der Waals surface area contributed by atoms with E-state index in [-0.39, 0.29) is 17.9 Å². The number of amides is 2. The third kappa shape index (κ3) is 4.20. The molecule has 2 saturated heterocycles. The van der Waals surface area contributed by atoms with E-state index in [1.54, 1.807) is 19.1 Å². The molecule has 2 aromatic carbocycles. The van der Waals surface area contributed by atoms with Crippen LogP contribution in [0, 0.1) is 5.92 Å². The van der Waals surface area contributed by atoms with Gasteiger partial charge in [0.2, 0.25) is 5.91 Å². The normalized spacial score (nSPS) is 27.0. The lowest BCUT2D eigenvalue weighted by atomic mass is 9.79. The third-order valence-corrected chi connectivity index (χ3v) is 8.09. The fraction of sp³-hybridized carbons (Fsp3) is 0.500. The molecule has 3 aliphatic rings. The van der Waals surface area contributed by atoms with Crippen molar-refractivity contribution in [3.63, 3.8) is 0 Å². The molecule has 2 amide bonds. The van der Waals surface area contributed by atoms with Crippen molar-refractivity contribution in [2.45, 2.75) is 50.1 Å². The highest BCUT2D eigenvalue weighted by Crippen LogP contribution is 2.42. The molecule has 4 atom stereocenters. The Balaban J connectivity index is 1.42. The first-order valence-electron chi connectivity index (χ1n) is 12.6. The number of piperidine rings is 2. The maximum absolute atomic E-state index is 13.8. The third-order valence-electron chi connectivity index (χ3n) is 8.09. The number of carbonyl (C=O) groups excluding carboxylic acids is 2. The molecule has 0 aromatic heterocycles. The maximum Gasteiger partial charge on any atom is 0.254 e. The molecular formula is C28H35N3O3. The van der Waals surface area contributed by atoms with Crippen LogP contribution in [-0.2, 0) is 4.79 Å². The zero-order valence-corrected chi connectivity index (χ0v) is 20.2. The van der Waals surface area contributed by atoms with Gasteiger partial charge < -0.3 is 19.9 Å². The van der Waals surface area contributed by atoms with E-state index in [0.29, 0.717) is 24.1 Å². The highest BCUT2D eigenvalue weighted by molar-refractivity contribution is 6.01. The monoisotopic (exact) mass is 461 g/mol. The molecule has 6 heteroatoms. The second-order valence-electron chi connectivity index (χ2n) is 9.95. The molecule has 2 fully saturated rings. The number of fused-ring (bicyclic) bond motifs is 2. The smallest absolute Gasteiger partial charge is 0.254 e. The van der Waals surface area contributed by atoms with Crippen LogP contribution in [-0.4, -0.2) is 61.4 Å². The van der Waals surface area contributed by atoms with Crippen LogP contribution >= 0.6 is 0 Å². The number of benzene rings is 2. The fourth-order valence-corrected chi connectivity index (χ4v) is 6.33. The molecule has 34 heavy (non-hydrogen) atoms. The minimum Gasteiger partial charge on any atom is -0.497 e. The number of ether oxygens (including phenoxy) is 1. The van der Waals surface area contributed by atoms with Crippen molar-refractivity contribution < 1.29 is 14.3 Å². The van der Waals surface area contributed by atoms with E-state index in [4.69, 9.17) is 4.74 Å². The van der Waals surface area contributed by atoms with Gasteiger partial charge in [-0.25, -0.2) is 0 Å². The Morgan fingerprint density at radius 1 is 1.03 bits per heavy atom. The van der Waals surface area contributed by atoms with Crippen molar-refractivity contribution in [1.82, 2.24) is 15.1 Å². The average Bonchev–Trinajstić information content (AvgIpc) is 2.89. The summed E-state index contributed by atoms with van der Waals surface area (Å²) in [5.74, 6) is 0.740. The number of carbonyl (C=O) groups is 2. The first-order valence-corrected chi connectivity index (χ1v) is 12.6. The fourth-order valence-electron chi connectivity index (χ4n) is 6.33. The quantitative estimate of drug-likeness (QED) is 0.732. The Morgan fingerprint density at radius 3 is 2.59 bits per heavy atom. The van der Waals surface area contributed by atoms with Gasteiger partial charge in [-0.3, -0.25) is 9.59 Å². The van der Waals surface area contributed by atoms with Crippen molar-refractivity contribution in [2.75, 3.05) is 33.8 Å². The van der Waals surface area contributed by atoms with Crippen LogP contribution in [0.15, 0.2) is 48.5 Å². The minimum atomic E-state index is -0.460. The molecule has 0 radical (unpaired) electrons. The number of rotatable bonds is 5. The molecule has 6 nitrogen and oxygen atoms in total. The van der Waals surface area contributed by atoms with Crippen LogP contribution in [0.1, 0.15) is 65.5 Å². The first kappa shape index (κ1) is 22.9. The Morgan fingerprint density at radius 2 is 1.79 bits per heavy atom. The van der Waals surface area contributed by atoms with Gasteiger partial charge in [0.05, 0.1) is 19.1 Å². The van der Waals surface area contributed by atoms with Gasteiger partial charge in [0.25, 0.3) is 5.91 Å². The van der Waals surface area contributed by atoms with Gasteiger partial charge in [-0.05, 0) is 74.0 Å². The summed E-state index contributed by atoms with van der Waals surface area (Å²) >= 11 is 0. The molecule has 3 heterocycles. The summed E-state index contributed by atoms with van der Waals surface area (Å²) < 4.78 is 5.32. The van der Waals surface area contributed by atoms with Crippen LogP contribution in [0.25, 0.3) is 0 Å². The molecule has 0 saturated carbocycles. The van der Waals surface area contributed by atoms with Gasteiger partial charge in [-0.15, -0.1) is 0 Å². The average molecular weight is 462 g/mol. The molecular weight excluding hydrogens is 426 g/mol. The van der Waals surface area contributed by atoms with Crippen molar-refractivity contribution in [1.29, 1.82) is 0 Å². The van der Waals surface area contributed by atoms with Gasteiger partial charge >= 0.3 is 0 Å². The van der Waals surface area contributed by atoms with E-state index in [1.165, 1.54) is 45.2 Å². The standard InChI is InChI=1S/C28H35N3O3/c1-30-26(19-12-14-21(34-2)15-13-19)25(22-9-3-4-10-23(22)28(30)33)27(32)29-18-20-8-7-17-31-16-6-5-11-24(20)31/h3-4,9-10,12-15,20,24-26H,5-8,11,16-18H2,1-2H3,(H,29,32)/t20-,24+,25-,26-/m0/s1. The van der Waals surface area contributed by atoms with E-state index in [9.17, 15) is 9.59 Å². The summed E-state index contributed by atoms with van der Waals surface area (Å²) in [5.41, 5.74) is 2.36. The number of methoxy groups -OCH3 is 1. The SMILES string of the molecule is COc1ccc([C@H]2[C@@H](C(=O)NC[C@@H]3CCCN4CCCC[C@H]34)c3ccccc3C(=O)N2C)cc1. The number of hydrogen-bond acceptors (Lipinski definition) is 4. The van der Waals surface area contributed by atoms with E-state index in [0.717, 1.165) is 16.9 Å². The second-order valence-corrected chi connectivity index (χ2v) is 9.95. The highest BCUT2D eigenvalue weighted by atomic mass is 16.5. The number of likely N-dealkylation sites (N-methyl/N-ethyl adjacent to an activating group) is 1. The molecule has 2 aromatic rings.